The standard InChI is InChI=1S/C16H26N2O4S.ClH/c1-13-12-15(21-2)4-5-16(13)23(19,20)18-9-6-14(7-10-18)22-11-3-8-17;/h4-5,12,14H,3,6-11,17H2,1-2H3;1H. The molecule has 0 aliphatic carbocycles. The van der Waals surface area contributed by atoms with Crippen molar-refractivity contribution in [3.05, 3.63) is 23.8 Å². The Labute approximate surface area is 150 Å². The average molecular weight is 379 g/mol. The Hall–Kier alpha value is -0.860. The molecule has 138 valence electrons. The van der Waals surface area contributed by atoms with Crippen LogP contribution in [0, 0.1) is 6.92 Å². The minimum atomic E-state index is -3.46. The van der Waals surface area contributed by atoms with Crippen molar-refractivity contribution in [2.24, 2.45) is 5.73 Å². The van der Waals surface area contributed by atoms with Gasteiger partial charge in [-0.2, -0.15) is 4.31 Å². The largest absolute Gasteiger partial charge is 0.497 e. The van der Waals surface area contributed by atoms with Crippen LogP contribution in [-0.4, -0.2) is 52.2 Å². The van der Waals surface area contributed by atoms with E-state index in [1.807, 2.05) is 0 Å². The zero-order chi connectivity index (χ0) is 16.9. The van der Waals surface area contributed by atoms with Crippen molar-refractivity contribution >= 4 is 22.4 Å². The summed E-state index contributed by atoms with van der Waals surface area (Å²) in [6.45, 7) is 4.02. The topological polar surface area (TPSA) is 81.9 Å². The van der Waals surface area contributed by atoms with E-state index in [2.05, 4.69) is 0 Å². The number of rotatable bonds is 7. The van der Waals surface area contributed by atoms with Gasteiger partial charge in [0.05, 0.1) is 18.1 Å². The highest BCUT2D eigenvalue weighted by Gasteiger charge is 2.30. The van der Waals surface area contributed by atoms with Gasteiger partial charge in [-0.1, -0.05) is 0 Å². The fourth-order valence-corrected chi connectivity index (χ4v) is 4.43. The van der Waals surface area contributed by atoms with Crippen LogP contribution in [0.2, 0.25) is 0 Å². The lowest BCUT2D eigenvalue weighted by Crippen LogP contribution is -2.41. The smallest absolute Gasteiger partial charge is 0.243 e. The van der Waals surface area contributed by atoms with Crippen molar-refractivity contribution in [1.29, 1.82) is 0 Å². The Morgan fingerprint density at radius 2 is 1.96 bits per heavy atom. The minimum Gasteiger partial charge on any atom is -0.497 e. The molecular weight excluding hydrogens is 352 g/mol. The molecule has 1 heterocycles. The molecule has 1 aliphatic heterocycles. The van der Waals surface area contributed by atoms with Gasteiger partial charge in [0.25, 0.3) is 0 Å². The predicted octanol–water partition coefficient (Wildman–Crippen LogP) is 1.94. The third-order valence-corrected chi connectivity index (χ3v) is 6.16. The molecule has 2 N–H and O–H groups in total. The van der Waals surface area contributed by atoms with Gasteiger partial charge in [0.2, 0.25) is 10.0 Å². The summed E-state index contributed by atoms with van der Waals surface area (Å²) in [4.78, 5) is 0.348. The van der Waals surface area contributed by atoms with Crippen molar-refractivity contribution in [3.63, 3.8) is 0 Å². The fourth-order valence-electron chi connectivity index (χ4n) is 2.75. The van der Waals surface area contributed by atoms with Gasteiger partial charge in [0.1, 0.15) is 5.75 Å². The van der Waals surface area contributed by atoms with Crippen LogP contribution in [0.15, 0.2) is 23.1 Å². The van der Waals surface area contributed by atoms with Gasteiger partial charge < -0.3 is 15.2 Å². The van der Waals surface area contributed by atoms with E-state index in [0.29, 0.717) is 42.4 Å². The molecule has 6 nitrogen and oxygen atoms in total. The Morgan fingerprint density at radius 3 is 2.50 bits per heavy atom. The van der Waals surface area contributed by atoms with E-state index < -0.39 is 10.0 Å². The van der Waals surface area contributed by atoms with Crippen LogP contribution in [0.1, 0.15) is 24.8 Å². The number of nitrogens with zero attached hydrogens (tertiary/aromatic N) is 1. The summed E-state index contributed by atoms with van der Waals surface area (Å²) in [6, 6.07) is 5.05. The van der Waals surface area contributed by atoms with Crippen molar-refractivity contribution in [2.45, 2.75) is 37.2 Å². The zero-order valence-electron chi connectivity index (χ0n) is 14.2. The fraction of sp³-hybridized carbons (Fsp3) is 0.625. The van der Waals surface area contributed by atoms with Crippen molar-refractivity contribution in [2.75, 3.05) is 33.4 Å². The number of aryl methyl sites for hydroxylation is 1. The van der Waals surface area contributed by atoms with E-state index in [1.54, 1.807) is 36.5 Å². The lowest BCUT2D eigenvalue weighted by atomic mass is 10.1. The van der Waals surface area contributed by atoms with Gasteiger partial charge in [-0.15, -0.1) is 12.4 Å². The first-order chi connectivity index (χ1) is 11.0. The molecular formula is C16H27ClN2O4S. The zero-order valence-corrected chi connectivity index (χ0v) is 15.9. The summed E-state index contributed by atoms with van der Waals surface area (Å²) in [6.07, 6.45) is 2.41. The third-order valence-electron chi connectivity index (χ3n) is 4.10. The van der Waals surface area contributed by atoms with E-state index >= 15 is 0 Å². The molecule has 1 aliphatic rings. The van der Waals surface area contributed by atoms with Crippen molar-refractivity contribution in [1.82, 2.24) is 4.31 Å². The molecule has 8 heteroatoms. The number of nitrogens with two attached hydrogens (primary N) is 1. The Balaban J connectivity index is 0.00000288. The second-order valence-corrected chi connectivity index (χ2v) is 7.65. The van der Waals surface area contributed by atoms with Crippen LogP contribution in [0.4, 0.5) is 0 Å². The van der Waals surface area contributed by atoms with Gasteiger partial charge in [0, 0.05) is 19.7 Å². The first-order valence-corrected chi connectivity index (χ1v) is 9.39. The first kappa shape index (κ1) is 21.2. The number of ether oxygens (including phenoxy) is 2. The maximum Gasteiger partial charge on any atom is 0.243 e. The Bertz CT molecular complexity index is 617. The number of piperidine rings is 1. The van der Waals surface area contributed by atoms with Gasteiger partial charge in [-0.3, -0.25) is 0 Å². The van der Waals surface area contributed by atoms with E-state index in [-0.39, 0.29) is 18.5 Å². The molecule has 0 aromatic heterocycles. The van der Waals surface area contributed by atoms with Gasteiger partial charge in [0.15, 0.2) is 0 Å². The summed E-state index contributed by atoms with van der Waals surface area (Å²) in [7, 11) is -1.90. The normalized spacial score (nSPS) is 16.6. The number of hydrogen-bond donors (Lipinski definition) is 1. The van der Waals surface area contributed by atoms with Crippen molar-refractivity contribution in [3.8, 4) is 5.75 Å². The SMILES string of the molecule is COc1ccc(S(=O)(=O)N2CCC(OCCCN)CC2)c(C)c1.Cl. The minimum absolute atomic E-state index is 0. The average Bonchev–Trinajstić information content (AvgIpc) is 2.55. The molecule has 24 heavy (non-hydrogen) atoms. The van der Waals surface area contributed by atoms with Gasteiger partial charge >= 0.3 is 0 Å². The highest BCUT2D eigenvalue weighted by Crippen LogP contribution is 2.26. The second-order valence-electron chi connectivity index (χ2n) is 5.75. The molecule has 2 rings (SSSR count). The lowest BCUT2D eigenvalue weighted by Gasteiger charge is -2.31. The molecule has 0 saturated carbocycles. The van der Waals surface area contributed by atoms with Gasteiger partial charge in [-0.05, 0) is 56.5 Å². The maximum absolute atomic E-state index is 12.8. The van der Waals surface area contributed by atoms with Crippen LogP contribution in [0.5, 0.6) is 5.75 Å². The molecule has 1 aromatic rings. The third kappa shape index (κ3) is 5.07. The van der Waals surface area contributed by atoms with E-state index in [0.717, 1.165) is 19.3 Å². The quantitative estimate of drug-likeness (QED) is 0.733. The molecule has 0 radical (unpaired) electrons. The van der Waals surface area contributed by atoms with E-state index in [9.17, 15) is 8.42 Å². The highest BCUT2D eigenvalue weighted by atomic mass is 35.5. The van der Waals surface area contributed by atoms with E-state index in [1.165, 1.54) is 0 Å². The number of methoxy groups -OCH3 is 1. The summed E-state index contributed by atoms with van der Waals surface area (Å²) < 4.78 is 38.0. The molecule has 0 unspecified atom stereocenters. The molecule has 1 saturated heterocycles. The lowest BCUT2D eigenvalue weighted by molar-refractivity contribution is 0.0209. The number of halogens is 1. The molecule has 1 fully saturated rings. The summed E-state index contributed by atoms with van der Waals surface area (Å²) in [5.41, 5.74) is 6.15. The van der Waals surface area contributed by atoms with Crippen LogP contribution < -0.4 is 10.5 Å². The molecule has 0 spiro atoms. The number of benzene rings is 1. The first-order valence-electron chi connectivity index (χ1n) is 7.95. The predicted molar refractivity (Wildman–Crippen MR) is 96.4 cm³/mol. The molecule has 0 bridgehead atoms. The van der Waals surface area contributed by atoms with Crippen LogP contribution >= 0.6 is 12.4 Å². The molecule has 0 amide bonds. The summed E-state index contributed by atoms with van der Waals surface area (Å²) in [5.74, 6) is 0.661. The number of hydrogen-bond acceptors (Lipinski definition) is 5. The highest BCUT2D eigenvalue weighted by molar-refractivity contribution is 7.89. The van der Waals surface area contributed by atoms with Crippen LogP contribution in [0.3, 0.4) is 0 Å². The van der Waals surface area contributed by atoms with Crippen LogP contribution in [0.25, 0.3) is 0 Å². The second kappa shape index (κ2) is 9.58. The summed E-state index contributed by atoms with van der Waals surface area (Å²) in [5, 5.41) is 0. The molecule has 0 atom stereocenters. The monoisotopic (exact) mass is 378 g/mol. The number of sulfonamides is 1. The summed E-state index contributed by atoms with van der Waals surface area (Å²) >= 11 is 0. The van der Waals surface area contributed by atoms with Crippen molar-refractivity contribution < 1.29 is 17.9 Å². The molecule has 1 aromatic carbocycles. The maximum atomic E-state index is 12.8. The van der Waals surface area contributed by atoms with E-state index in [4.69, 9.17) is 15.2 Å². The Morgan fingerprint density at radius 1 is 1.29 bits per heavy atom. The Kier molecular flexibility index (Phi) is 8.45. The van der Waals surface area contributed by atoms with Crippen LogP contribution in [-0.2, 0) is 14.8 Å². The van der Waals surface area contributed by atoms with Gasteiger partial charge in [-0.25, -0.2) is 8.42 Å².